The molecule has 0 bridgehead atoms. The monoisotopic (exact) mass is 542 g/mol. The number of hydrogen-bond acceptors (Lipinski definition) is 5. The zero-order valence-corrected chi connectivity index (χ0v) is 21.9. The molecule has 9 heteroatoms. The first-order chi connectivity index (χ1) is 19.2. The van der Waals surface area contributed by atoms with Gasteiger partial charge in [0.25, 0.3) is 0 Å². The van der Waals surface area contributed by atoms with Crippen LogP contribution < -0.4 is 0 Å². The number of halogens is 1. The summed E-state index contributed by atoms with van der Waals surface area (Å²) in [7, 11) is 0. The van der Waals surface area contributed by atoms with Crippen LogP contribution in [-0.2, 0) is 6.42 Å². The van der Waals surface area contributed by atoms with E-state index < -0.39 is 34.8 Å². The molecule has 0 spiro atoms. The number of aliphatic hydroxyl groups excluding tert-OH is 1. The topological polar surface area (TPSA) is 140 Å². The maximum Gasteiger partial charge on any atom is 0.372 e. The van der Waals surface area contributed by atoms with Gasteiger partial charge in [-0.1, -0.05) is 23.8 Å². The lowest BCUT2D eigenvalue weighted by Gasteiger charge is -2.06. The fourth-order valence-corrected chi connectivity index (χ4v) is 5.40. The highest BCUT2D eigenvalue weighted by Gasteiger charge is 2.37. The molecule has 6 rings (SSSR count). The average Bonchev–Trinajstić information content (AvgIpc) is 3.42. The molecule has 5 N–H and O–H groups in total. The average molecular weight is 543 g/mol. The molecule has 1 saturated carbocycles. The minimum absolute atomic E-state index is 0.0523. The van der Waals surface area contributed by atoms with E-state index in [0.29, 0.717) is 34.0 Å². The number of carbonyl (C=O) groups is 2. The van der Waals surface area contributed by atoms with Crippen LogP contribution >= 0.6 is 0 Å². The molecule has 1 fully saturated rings. The summed E-state index contributed by atoms with van der Waals surface area (Å²) in [5, 5.41) is 31.9. The number of aromatic carboxylic acids is 1. The minimum atomic E-state index is -1.44. The number of aromatic nitrogens is 2. The number of aromatic amines is 2. The Morgan fingerprint density at radius 1 is 1.15 bits per heavy atom. The summed E-state index contributed by atoms with van der Waals surface area (Å²) in [4.78, 5) is 32.5. The number of carboxylic acids is 1. The summed E-state index contributed by atoms with van der Waals surface area (Å²) in [6, 6.07) is 7.93. The van der Waals surface area contributed by atoms with Gasteiger partial charge in [-0.15, -0.1) is 0 Å². The summed E-state index contributed by atoms with van der Waals surface area (Å²) >= 11 is 0. The van der Waals surface area contributed by atoms with Crippen molar-refractivity contribution in [3.05, 3.63) is 87.9 Å². The predicted octanol–water partition coefficient (Wildman–Crippen LogP) is 6.35. The third-order valence-electron chi connectivity index (χ3n) is 7.60. The number of carbonyl (C=O) groups excluding carboxylic acids is 1. The Morgan fingerprint density at radius 3 is 2.62 bits per heavy atom. The highest BCUT2D eigenvalue weighted by Crippen LogP contribution is 2.51. The van der Waals surface area contributed by atoms with Gasteiger partial charge in [0.05, 0.1) is 17.7 Å². The molecule has 1 aliphatic carbocycles. The molecule has 0 saturated heterocycles. The van der Waals surface area contributed by atoms with E-state index in [0.717, 1.165) is 35.1 Å². The number of rotatable bonds is 8. The molecule has 204 valence electrons. The Bertz CT molecular complexity index is 1870. The molecule has 0 aliphatic heterocycles. The van der Waals surface area contributed by atoms with E-state index in [9.17, 15) is 29.3 Å². The zero-order chi connectivity index (χ0) is 28.3. The van der Waals surface area contributed by atoms with E-state index >= 15 is 0 Å². The van der Waals surface area contributed by atoms with Crippen LogP contribution in [0.2, 0.25) is 0 Å². The van der Waals surface area contributed by atoms with Crippen LogP contribution in [-0.4, -0.2) is 43.6 Å². The molecule has 3 heterocycles. The maximum atomic E-state index is 14.0. The first kappa shape index (κ1) is 25.6. The van der Waals surface area contributed by atoms with Gasteiger partial charge in [0.15, 0.2) is 5.75 Å². The molecule has 8 nitrogen and oxygen atoms in total. The van der Waals surface area contributed by atoms with Crippen molar-refractivity contribution in [2.45, 2.75) is 39.0 Å². The Hall–Kier alpha value is -4.63. The highest BCUT2D eigenvalue weighted by molar-refractivity contribution is 6.19. The van der Waals surface area contributed by atoms with Crippen molar-refractivity contribution >= 4 is 33.6 Å². The fourth-order valence-electron chi connectivity index (χ4n) is 5.40. The van der Waals surface area contributed by atoms with Crippen LogP contribution in [0.15, 0.2) is 52.6 Å². The van der Waals surface area contributed by atoms with Crippen molar-refractivity contribution in [3.8, 4) is 16.9 Å². The molecule has 40 heavy (non-hydrogen) atoms. The lowest BCUT2D eigenvalue weighted by atomic mass is 9.96. The summed E-state index contributed by atoms with van der Waals surface area (Å²) in [5.41, 5.74) is 4.93. The number of ketones is 1. The van der Waals surface area contributed by atoms with E-state index in [4.69, 9.17) is 4.42 Å². The number of aliphatic hydroxyl groups is 1. The molecule has 5 aromatic rings. The number of fused-ring (bicyclic) bond motifs is 2. The number of aromatic hydroxyl groups is 1. The lowest BCUT2D eigenvalue weighted by molar-refractivity contribution is 0.0661. The molecule has 1 aliphatic rings. The van der Waals surface area contributed by atoms with E-state index in [1.807, 2.05) is 32.1 Å². The van der Waals surface area contributed by atoms with Gasteiger partial charge in [0, 0.05) is 39.3 Å². The molecular weight excluding hydrogens is 515 g/mol. The smallest absolute Gasteiger partial charge is 0.372 e. The number of hydrogen-bond donors (Lipinski definition) is 5. The lowest BCUT2D eigenvalue weighted by Crippen LogP contribution is -2.00. The number of benzene rings is 2. The number of carboxylic acid groups (broad SMARTS) is 1. The van der Waals surface area contributed by atoms with Crippen LogP contribution in [0.3, 0.4) is 0 Å². The minimum Gasteiger partial charge on any atom is -0.504 e. The van der Waals surface area contributed by atoms with Gasteiger partial charge in [0.1, 0.15) is 5.82 Å². The molecule has 0 atom stereocenters. The van der Waals surface area contributed by atoms with Crippen LogP contribution in [0.25, 0.3) is 32.9 Å². The van der Waals surface area contributed by atoms with E-state index in [2.05, 4.69) is 9.97 Å². The van der Waals surface area contributed by atoms with Gasteiger partial charge in [-0.3, -0.25) is 4.79 Å². The van der Waals surface area contributed by atoms with Crippen LogP contribution in [0, 0.1) is 12.7 Å². The normalized spacial score (nSPS) is 13.9. The van der Waals surface area contributed by atoms with Gasteiger partial charge in [-0.2, -0.15) is 0 Å². The van der Waals surface area contributed by atoms with Gasteiger partial charge in [-0.25, -0.2) is 9.18 Å². The molecule has 0 unspecified atom stereocenters. The van der Waals surface area contributed by atoms with E-state index in [-0.39, 0.29) is 23.7 Å². The van der Waals surface area contributed by atoms with Crippen molar-refractivity contribution in [1.82, 2.24) is 9.97 Å². The van der Waals surface area contributed by atoms with Crippen molar-refractivity contribution in [2.75, 3.05) is 6.61 Å². The van der Waals surface area contributed by atoms with Crippen LogP contribution in [0.4, 0.5) is 4.39 Å². The summed E-state index contributed by atoms with van der Waals surface area (Å²) in [6.07, 6.45) is 5.68. The standard InChI is InChI=1S/C31H27FN2O6/c1-14(13-35)3-5-16-6-4-15(2)22-20(12-33-25(16)22)27(36)30-28(37)24(29(40-30)31(38)39)23-19-10-9-18(32)11-21(19)34-26(23)17-7-8-17/h3-4,6,9-12,17,33-35,37H,5,7-8,13H2,1-2H3,(H,38,39)/b14-3-. The third kappa shape index (κ3) is 4.10. The zero-order valence-electron chi connectivity index (χ0n) is 21.9. The predicted molar refractivity (Wildman–Crippen MR) is 148 cm³/mol. The first-order valence-electron chi connectivity index (χ1n) is 13.0. The van der Waals surface area contributed by atoms with Gasteiger partial charge in [0.2, 0.25) is 17.3 Å². The first-order valence-corrected chi connectivity index (χ1v) is 13.0. The van der Waals surface area contributed by atoms with Crippen molar-refractivity contribution in [2.24, 2.45) is 0 Å². The van der Waals surface area contributed by atoms with E-state index in [1.165, 1.54) is 24.4 Å². The number of H-pyrrole nitrogens is 2. The molecular formula is C31H27FN2O6. The second-order valence-electron chi connectivity index (χ2n) is 10.4. The summed E-state index contributed by atoms with van der Waals surface area (Å²) in [5.74, 6) is -4.07. The Balaban J connectivity index is 1.52. The second kappa shape index (κ2) is 9.53. The highest BCUT2D eigenvalue weighted by atomic mass is 19.1. The fraction of sp³-hybridized carbons (Fsp3) is 0.226. The quantitative estimate of drug-likeness (QED) is 0.114. The van der Waals surface area contributed by atoms with E-state index in [1.54, 1.807) is 0 Å². The third-order valence-corrected chi connectivity index (χ3v) is 7.60. The van der Waals surface area contributed by atoms with Crippen LogP contribution in [0.5, 0.6) is 5.75 Å². The van der Waals surface area contributed by atoms with Crippen LogP contribution in [0.1, 0.15) is 69.2 Å². The Morgan fingerprint density at radius 2 is 1.93 bits per heavy atom. The number of furan rings is 1. The maximum absolute atomic E-state index is 14.0. The van der Waals surface area contributed by atoms with Crippen molar-refractivity contribution in [1.29, 1.82) is 0 Å². The molecule has 3 aromatic heterocycles. The number of allylic oxidation sites excluding steroid dienone is 1. The Kier molecular flexibility index (Phi) is 6.11. The van der Waals surface area contributed by atoms with Crippen molar-refractivity contribution in [3.63, 3.8) is 0 Å². The number of nitrogens with one attached hydrogen (secondary N) is 2. The van der Waals surface area contributed by atoms with Crippen molar-refractivity contribution < 1.29 is 33.7 Å². The number of aryl methyl sites for hydroxylation is 1. The van der Waals surface area contributed by atoms with Gasteiger partial charge >= 0.3 is 5.97 Å². The molecule has 0 amide bonds. The molecule has 0 radical (unpaired) electrons. The summed E-state index contributed by atoms with van der Waals surface area (Å²) < 4.78 is 19.6. The second-order valence-corrected chi connectivity index (χ2v) is 10.4. The largest absolute Gasteiger partial charge is 0.504 e. The SMILES string of the molecule is C/C(=C/Cc1ccc(C)c2c(C(=O)c3oc(C(=O)O)c(-c4c(C5CC5)[nH]c5cc(F)ccc45)c3O)c[nH]c12)CO. The summed E-state index contributed by atoms with van der Waals surface area (Å²) in [6.45, 7) is 3.63. The van der Waals surface area contributed by atoms with Gasteiger partial charge < -0.3 is 29.7 Å². The Labute approximate surface area is 227 Å². The van der Waals surface area contributed by atoms with Gasteiger partial charge in [-0.05, 0) is 68.4 Å². The molecule has 2 aromatic carbocycles.